The van der Waals surface area contributed by atoms with Crippen LogP contribution in [-0.4, -0.2) is 47.0 Å². The van der Waals surface area contributed by atoms with Crippen molar-refractivity contribution in [3.05, 3.63) is 0 Å². The van der Waals surface area contributed by atoms with Gasteiger partial charge in [-0.15, -0.1) is 0 Å². The van der Waals surface area contributed by atoms with E-state index < -0.39 is 0 Å². The number of piperidine rings is 1. The topological polar surface area (TPSA) is 43.7 Å². The van der Waals surface area contributed by atoms with Crippen LogP contribution in [0.25, 0.3) is 0 Å². The zero-order chi connectivity index (χ0) is 12.4. The van der Waals surface area contributed by atoms with Gasteiger partial charge in [-0.3, -0.25) is 0 Å². The molecule has 18 heavy (non-hydrogen) atoms. The average Bonchev–Trinajstić information content (AvgIpc) is 2.26. The summed E-state index contributed by atoms with van der Waals surface area (Å²) < 4.78 is 0. The standard InChI is InChI=1S/C14H27NO2.W/c1-10-11(2)15(5-3-13(10)4-6-16)9-12-7-14(17)8-12;/h10-14,16-17H,3-9H2,1-2H3;. The van der Waals surface area contributed by atoms with Crippen molar-refractivity contribution in [2.45, 2.75) is 51.7 Å². The third-order valence-corrected chi connectivity index (χ3v) is 5.07. The molecule has 0 amide bonds. The Balaban J connectivity index is 0.00000162. The van der Waals surface area contributed by atoms with Crippen molar-refractivity contribution in [3.8, 4) is 0 Å². The largest absolute Gasteiger partial charge is 0.396 e. The van der Waals surface area contributed by atoms with E-state index in [-0.39, 0.29) is 27.2 Å². The smallest absolute Gasteiger partial charge is 0.0546 e. The summed E-state index contributed by atoms with van der Waals surface area (Å²) in [6.45, 7) is 7.31. The van der Waals surface area contributed by atoms with E-state index in [1.54, 1.807) is 0 Å². The molecule has 1 heterocycles. The van der Waals surface area contributed by atoms with Gasteiger partial charge in [-0.2, -0.15) is 0 Å². The molecule has 0 aromatic rings. The van der Waals surface area contributed by atoms with Crippen LogP contribution in [0.5, 0.6) is 0 Å². The fraction of sp³-hybridized carbons (Fsp3) is 1.00. The molecule has 3 unspecified atom stereocenters. The summed E-state index contributed by atoms with van der Waals surface area (Å²) in [5.41, 5.74) is 0. The number of likely N-dealkylation sites (tertiary alicyclic amines) is 1. The van der Waals surface area contributed by atoms with Gasteiger partial charge in [0.15, 0.2) is 0 Å². The van der Waals surface area contributed by atoms with Crippen LogP contribution in [0.4, 0.5) is 0 Å². The van der Waals surface area contributed by atoms with Crippen molar-refractivity contribution < 1.29 is 31.3 Å². The fourth-order valence-corrected chi connectivity index (χ4v) is 3.54. The maximum Gasteiger partial charge on any atom is 0.0546 e. The Hall–Kier alpha value is 0.568. The van der Waals surface area contributed by atoms with E-state index in [4.69, 9.17) is 5.11 Å². The average molecular weight is 425 g/mol. The van der Waals surface area contributed by atoms with Crippen LogP contribution in [-0.2, 0) is 21.1 Å². The number of nitrogens with zero attached hydrogens (tertiary/aromatic N) is 1. The molecule has 1 saturated heterocycles. The van der Waals surface area contributed by atoms with Gasteiger partial charge in [-0.05, 0) is 56.9 Å². The van der Waals surface area contributed by atoms with Crippen LogP contribution >= 0.6 is 0 Å². The summed E-state index contributed by atoms with van der Waals surface area (Å²) in [6.07, 6.45) is 4.15. The van der Waals surface area contributed by atoms with Crippen LogP contribution in [0.15, 0.2) is 0 Å². The SMILES string of the molecule is CC1C(CCO)CCN(CC2CC(O)C2)C1C.[W]. The van der Waals surface area contributed by atoms with Gasteiger partial charge >= 0.3 is 0 Å². The zero-order valence-electron chi connectivity index (χ0n) is 11.6. The Bertz CT molecular complexity index is 246. The molecule has 106 valence electrons. The minimum atomic E-state index is -0.0281. The minimum Gasteiger partial charge on any atom is -0.396 e. The van der Waals surface area contributed by atoms with Gasteiger partial charge in [-0.25, -0.2) is 0 Å². The molecule has 1 saturated carbocycles. The minimum absolute atomic E-state index is 0. The molecular formula is C14H27NO2W. The summed E-state index contributed by atoms with van der Waals surface area (Å²) in [7, 11) is 0. The fourth-order valence-electron chi connectivity index (χ4n) is 3.54. The Morgan fingerprint density at radius 1 is 1.22 bits per heavy atom. The molecular weight excluding hydrogens is 398 g/mol. The van der Waals surface area contributed by atoms with E-state index in [0.717, 1.165) is 25.8 Å². The first-order valence-electron chi connectivity index (χ1n) is 7.14. The first-order valence-corrected chi connectivity index (χ1v) is 7.14. The van der Waals surface area contributed by atoms with E-state index in [2.05, 4.69) is 18.7 Å². The maximum atomic E-state index is 9.33. The number of hydrogen-bond donors (Lipinski definition) is 2. The van der Waals surface area contributed by atoms with Crippen molar-refractivity contribution in [2.75, 3.05) is 19.7 Å². The summed E-state index contributed by atoms with van der Waals surface area (Å²) in [4.78, 5) is 2.59. The summed E-state index contributed by atoms with van der Waals surface area (Å²) in [5.74, 6) is 2.09. The van der Waals surface area contributed by atoms with E-state index in [1.807, 2.05) is 0 Å². The molecule has 0 aromatic heterocycles. The molecule has 1 aliphatic heterocycles. The Morgan fingerprint density at radius 3 is 2.44 bits per heavy atom. The second-order valence-electron chi connectivity index (χ2n) is 6.15. The maximum absolute atomic E-state index is 9.33. The summed E-state index contributed by atoms with van der Waals surface area (Å²) in [6, 6.07) is 0.623. The first kappa shape index (κ1) is 16.6. The van der Waals surface area contributed by atoms with Crippen molar-refractivity contribution in [2.24, 2.45) is 17.8 Å². The monoisotopic (exact) mass is 425 g/mol. The molecule has 0 radical (unpaired) electrons. The normalized spacial score (nSPS) is 41.0. The van der Waals surface area contributed by atoms with Crippen LogP contribution < -0.4 is 0 Å². The molecule has 2 rings (SSSR count). The van der Waals surface area contributed by atoms with Crippen molar-refractivity contribution in [1.29, 1.82) is 0 Å². The van der Waals surface area contributed by atoms with Crippen molar-refractivity contribution in [3.63, 3.8) is 0 Å². The second kappa shape index (κ2) is 7.38. The van der Waals surface area contributed by atoms with Gasteiger partial charge in [0.05, 0.1) is 6.10 Å². The molecule has 0 spiro atoms. The van der Waals surface area contributed by atoms with Gasteiger partial charge in [0.2, 0.25) is 0 Å². The van der Waals surface area contributed by atoms with Crippen LogP contribution in [0, 0.1) is 17.8 Å². The molecule has 1 aliphatic carbocycles. The molecule has 2 fully saturated rings. The van der Waals surface area contributed by atoms with Crippen molar-refractivity contribution >= 4 is 0 Å². The van der Waals surface area contributed by atoms with Crippen LogP contribution in [0.2, 0.25) is 0 Å². The third kappa shape index (κ3) is 3.79. The van der Waals surface area contributed by atoms with Crippen LogP contribution in [0.3, 0.4) is 0 Å². The van der Waals surface area contributed by atoms with Gasteiger partial charge in [0.25, 0.3) is 0 Å². The number of aliphatic hydroxyl groups excluding tert-OH is 2. The Morgan fingerprint density at radius 2 is 1.89 bits per heavy atom. The Labute approximate surface area is 125 Å². The molecule has 0 aromatic carbocycles. The molecule has 3 nitrogen and oxygen atoms in total. The molecule has 2 N–H and O–H groups in total. The van der Waals surface area contributed by atoms with E-state index in [1.165, 1.54) is 13.0 Å². The quantitative estimate of drug-likeness (QED) is 0.718. The number of rotatable bonds is 4. The Kier molecular flexibility index (Phi) is 6.81. The number of hydrogen-bond acceptors (Lipinski definition) is 3. The van der Waals surface area contributed by atoms with Gasteiger partial charge in [-0.1, -0.05) is 6.92 Å². The van der Waals surface area contributed by atoms with Gasteiger partial charge < -0.3 is 15.1 Å². The third-order valence-electron chi connectivity index (χ3n) is 5.07. The zero-order valence-corrected chi connectivity index (χ0v) is 14.5. The molecule has 0 bridgehead atoms. The van der Waals surface area contributed by atoms with E-state index in [9.17, 15) is 5.11 Å². The van der Waals surface area contributed by atoms with Gasteiger partial charge in [0, 0.05) is 40.3 Å². The predicted octanol–water partition coefficient (Wildman–Crippen LogP) is 1.48. The predicted molar refractivity (Wildman–Crippen MR) is 68.7 cm³/mol. The molecule has 3 atom stereocenters. The van der Waals surface area contributed by atoms with E-state index >= 15 is 0 Å². The molecule has 4 heteroatoms. The summed E-state index contributed by atoms with van der Waals surface area (Å²) >= 11 is 0. The second-order valence-corrected chi connectivity index (χ2v) is 6.15. The van der Waals surface area contributed by atoms with Gasteiger partial charge in [0.1, 0.15) is 0 Å². The van der Waals surface area contributed by atoms with Crippen LogP contribution in [0.1, 0.15) is 39.5 Å². The first-order chi connectivity index (χ1) is 8.11. The summed E-state index contributed by atoms with van der Waals surface area (Å²) in [5, 5.41) is 18.4. The molecule has 2 aliphatic rings. The van der Waals surface area contributed by atoms with E-state index in [0.29, 0.717) is 30.4 Å². The van der Waals surface area contributed by atoms with Crippen molar-refractivity contribution in [1.82, 2.24) is 4.90 Å². The number of aliphatic hydroxyl groups is 2.